The number of carbonyl (C=O) groups excluding carboxylic acids is 1. The van der Waals surface area contributed by atoms with Crippen molar-refractivity contribution in [3.8, 4) is 11.1 Å². The second-order valence-corrected chi connectivity index (χ2v) is 10.6. The smallest absolute Gasteiger partial charge is 0.227 e. The van der Waals surface area contributed by atoms with Crippen LogP contribution >= 0.6 is 0 Å². The van der Waals surface area contributed by atoms with E-state index >= 15 is 0 Å². The number of nitrogens with one attached hydrogen (secondary N) is 1. The summed E-state index contributed by atoms with van der Waals surface area (Å²) in [6.45, 7) is 0.790. The lowest BCUT2D eigenvalue weighted by Gasteiger charge is -2.30. The van der Waals surface area contributed by atoms with Gasteiger partial charge in [-0.25, -0.2) is 12.7 Å². The standard InChI is InChI=1S/C27H30N2O3S/c30-27(28-26-16-8-7-15-25(26)23-13-5-2-6-14-23)24-17-19-29(20-18-24)33(31,32)21-9-12-22-10-3-1-4-11-22/h1-8,10-11,13-16,24H,9,12,17-21H2,(H,28,30). The van der Waals surface area contributed by atoms with Gasteiger partial charge in [-0.1, -0.05) is 78.9 Å². The monoisotopic (exact) mass is 462 g/mol. The highest BCUT2D eigenvalue weighted by Crippen LogP contribution is 2.29. The second kappa shape index (κ2) is 10.8. The van der Waals surface area contributed by atoms with E-state index in [-0.39, 0.29) is 17.6 Å². The number of nitrogens with zero attached hydrogens (tertiary/aromatic N) is 1. The van der Waals surface area contributed by atoms with Gasteiger partial charge in [-0.05, 0) is 42.9 Å². The van der Waals surface area contributed by atoms with Gasteiger partial charge < -0.3 is 5.32 Å². The minimum atomic E-state index is -3.30. The minimum Gasteiger partial charge on any atom is -0.325 e. The molecule has 1 heterocycles. The molecule has 0 saturated carbocycles. The summed E-state index contributed by atoms with van der Waals surface area (Å²) >= 11 is 0. The predicted octanol–water partition coefficient (Wildman–Crippen LogP) is 4.97. The van der Waals surface area contributed by atoms with Crippen LogP contribution in [0.4, 0.5) is 5.69 Å². The fraction of sp³-hybridized carbons (Fsp3) is 0.296. The van der Waals surface area contributed by atoms with Gasteiger partial charge in [0.15, 0.2) is 0 Å². The number of para-hydroxylation sites is 1. The third kappa shape index (κ3) is 6.09. The minimum absolute atomic E-state index is 0.0421. The van der Waals surface area contributed by atoms with Gasteiger partial charge in [-0.15, -0.1) is 0 Å². The van der Waals surface area contributed by atoms with Gasteiger partial charge in [0.25, 0.3) is 0 Å². The van der Waals surface area contributed by atoms with E-state index in [0.29, 0.717) is 32.4 Å². The SMILES string of the molecule is O=C(Nc1ccccc1-c1ccccc1)C1CCN(S(=O)(=O)CCCc2ccccc2)CC1. The second-order valence-electron chi connectivity index (χ2n) is 8.48. The molecule has 0 radical (unpaired) electrons. The third-order valence-electron chi connectivity index (χ3n) is 6.20. The Balaban J connectivity index is 1.30. The number of piperidine rings is 1. The van der Waals surface area contributed by atoms with E-state index < -0.39 is 10.0 Å². The number of sulfonamides is 1. The van der Waals surface area contributed by atoms with Gasteiger partial charge in [0.1, 0.15) is 0 Å². The summed E-state index contributed by atoms with van der Waals surface area (Å²) in [6.07, 6.45) is 2.43. The molecule has 0 bridgehead atoms. The Hall–Kier alpha value is -2.96. The molecule has 1 saturated heterocycles. The molecular weight excluding hydrogens is 432 g/mol. The number of hydrogen-bond acceptors (Lipinski definition) is 3. The Labute approximate surface area is 196 Å². The summed E-state index contributed by atoms with van der Waals surface area (Å²) in [6, 6.07) is 27.7. The molecule has 0 unspecified atom stereocenters. The van der Waals surface area contributed by atoms with Gasteiger partial charge in [-0.3, -0.25) is 4.79 Å². The van der Waals surface area contributed by atoms with Crippen molar-refractivity contribution >= 4 is 21.6 Å². The largest absolute Gasteiger partial charge is 0.325 e. The molecule has 1 aliphatic heterocycles. The number of amides is 1. The first kappa shape index (κ1) is 23.2. The summed E-state index contributed by atoms with van der Waals surface area (Å²) < 4.78 is 27.1. The van der Waals surface area contributed by atoms with Crippen LogP contribution in [-0.4, -0.2) is 37.5 Å². The Bertz CT molecular complexity index is 1160. The molecule has 1 fully saturated rings. The molecular formula is C27H30N2O3S. The number of aryl methyl sites for hydroxylation is 1. The number of rotatable bonds is 8. The number of carbonyl (C=O) groups is 1. The summed E-state index contributed by atoms with van der Waals surface area (Å²) in [5, 5.41) is 3.08. The number of benzene rings is 3. The molecule has 3 aromatic rings. The summed E-state index contributed by atoms with van der Waals surface area (Å²) in [5.41, 5.74) is 3.96. The lowest BCUT2D eigenvalue weighted by atomic mass is 9.96. The first-order valence-corrected chi connectivity index (χ1v) is 13.1. The first-order chi connectivity index (χ1) is 16.0. The van der Waals surface area contributed by atoms with Crippen molar-refractivity contribution < 1.29 is 13.2 Å². The van der Waals surface area contributed by atoms with Crippen molar-refractivity contribution in [1.29, 1.82) is 0 Å². The van der Waals surface area contributed by atoms with Crippen LogP contribution in [0.3, 0.4) is 0 Å². The summed E-state index contributed by atoms with van der Waals surface area (Å²) in [4.78, 5) is 13.0. The fourth-order valence-electron chi connectivity index (χ4n) is 4.32. The molecule has 0 atom stereocenters. The van der Waals surface area contributed by atoms with Crippen LogP contribution < -0.4 is 5.32 Å². The fourth-order valence-corrected chi connectivity index (χ4v) is 5.86. The van der Waals surface area contributed by atoms with Crippen molar-refractivity contribution in [3.05, 3.63) is 90.5 Å². The Morgan fingerprint density at radius 2 is 1.45 bits per heavy atom. The lowest BCUT2D eigenvalue weighted by molar-refractivity contribution is -0.120. The van der Waals surface area contributed by atoms with Crippen LogP contribution in [0.2, 0.25) is 0 Å². The highest BCUT2D eigenvalue weighted by molar-refractivity contribution is 7.89. The van der Waals surface area contributed by atoms with E-state index in [4.69, 9.17) is 0 Å². The van der Waals surface area contributed by atoms with Gasteiger partial charge in [-0.2, -0.15) is 0 Å². The molecule has 5 nitrogen and oxygen atoms in total. The zero-order chi connectivity index (χ0) is 23.1. The van der Waals surface area contributed by atoms with Gasteiger partial charge in [0, 0.05) is 30.3 Å². The maximum absolute atomic E-state index is 13.0. The molecule has 0 aromatic heterocycles. The zero-order valence-electron chi connectivity index (χ0n) is 18.7. The van der Waals surface area contributed by atoms with Gasteiger partial charge in [0.2, 0.25) is 15.9 Å². The van der Waals surface area contributed by atoms with Crippen molar-refractivity contribution in [2.24, 2.45) is 5.92 Å². The quantitative estimate of drug-likeness (QED) is 0.514. The van der Waals surface area contributed by atoms with Crippen LogP contribution in [0.15, 0.2) is 84.9 Å². The Morgan fingerprint density at radius 3 is 2.15 bits per heavy atom. The highest BCUT2D eigenvalue weighted by atomic mass is 32.2. The molecule has 33 heavy (non-hydrogen) atoms. The van der Waals surface area contributed by atoms with Gasteiger partial charge in [0.05, 0.1) is 5.75 Å². The molecule has 4 rings (SSSR count). The normalized spacial score (nSPS) is 15.3. The molecule has 1 N–H and O–H groups in total. The highest BCUT2D eigenvalue weighted by Gasteiger charge is 2.31. The maximum atomic E-state index is 13.0. The van der Waals surface area contributed by atoms with Crippen molar-refractivity contribution in [1.82, 2.24) is 4.31 Å². The Kier molecular flexibility index (Phi) is 7.57. The van der Waals surface area contributed by atoms with Crippen molar-refractivity contribution in [2.75, 3.05) is 24.2 Å². The summed E-state index contributed by atoms with van der Waals surface area (Å²) in [7, 11) is -3.30. The molecule has 1 amide bonds. The maximum Gasteiger partial charge on any atom is 0.227 e. The van der Waals surface area contributed by atoms with Crippen LogP contribution in [0.25, 0.3) is 11.1 Å². The lowest BCUT2D eigenvalue weighted by Crippen LogP contribution is -2.42. The van der Waals surface area contributed by atoms with Crippen LogP contribution in [0, 0.1) is 5.92 Å². The van der Waals surface area contributed by atoms with E-state index in [1.165, 1.54) is 0 Å². The first-order valence-electron chi connectivity index (χ1n) is 11.5. The average Bonchev–Trinajstić information content (AvgIpc) is 2.85. The molecule has 0 spiro atoms. The number of anilines is 1. The van der Waals surface area contributed by atoms with Crippen LogP contribution in [-0.2, 0) is 21.2 Å². The molecule has 0 aliphatic carbocycles. The van der Waals surface area contributed by atoms with Crippen molar-refractivity contribution in [2.45, 2.75) is 25.7 Å². The predicted molar refractivity (Wildman–Crippen MR) is 133 cm³/mol. The van der Waals surface area contributed by atoms with E-state index in [9.17, 15) is 13.2 Å². The molecule has 1 aliphatic rings. The number of hydrogen-bond donors (Lipinski definition) is 1. The summed E-state index contributed by atoms with van der Waals surface area (Å²) in [5.74, 6) is -0.0902. The molecule has 6 heteroatoms. The van der Waals surface area contributed by atoms with E-state index in [0.717, 1.165) is 28.8 Å². The van der Waals surface area contributed by atoms with Gasteiger partial charge >= 0.3 is 0 Å². The zero-order valence-corrected chi connectivity index (χ0v) is 19.5. The van der Waals surface area contributed by atoms with E-state index in [1.807, 2.05) is 84.9 Å². The third-order valence-corrected chi connectivity index (χ3v) is 8.15. The van der Waals surface area contributed by atoms with E-state index in [2.05, 4.69) is 5.32 Å². The Morgan fingerprint density at radius 1 is 0.848 bits per heavy atom. The average molecular weight is 463 g/mol. The van der Waals surface area contributed by atoms with Crippen LogP contribution in [0.5, 0.6) is 0 Å². The molecule has 172 valence electrons. The van der Waals surface area contributed by atoms with Crippen molar-refractivity contribution in [3.63, 3.8) is 0 Å². The van der Waals surface area contributed by atoms with Crippen LogP contribution in [0.1, 0.15) is 24.8 Å². The molecule has 3 aromatic carbocycles. The topological polar surface area (TPSA) is 66.5 Å². The van der Waals surface area contributed by atoms with E-state index in [1.54, 1.807) is 4.31 Å².